The fraction of sp³-hybridized carbons (Fsp3) is 0.750. The normalized spacial score (nSPS) is 48.0. The lowest BCUT2D eigenvalue weighted by atomic mass is 9.64. The van der Waals surface area contributed by atoms with Gasteiger partial charge in [0, 0.05) is 0 Å². The highest BCUT2D eigenvalue weighted by Crippen LogP contribution is 2.64. The van der Waals surface area contributed by atoms with Crippen LogP contribution in [0.15, 0.2) is 22.3 Å². The second-order valence-electron chi connectivity index (χ2n) is 6.70. The van der Waals surface area contributed by atoms with Crippen molar-refractivity contribution in [2.24, 2.45) is 23.7 Å². The molecule has 0 N–H and O–H groups in total. The number of rotatable bonds is 0. The zero-order chi connectivity index (χ0) is 10.3. The van der Waals surface area contributed by atoms with Gasteiger partial charge < -0.3 is 0 Å². The van der Waals surface area contributed by atoms with E-state index >= 15 is 0 Å². The van der Waals surface area contributed by atoms with Crippen molar-refractivity contribution in [2.75, 3.05) is 0 Å². The molecular weight excluding hydrogens is 192 g/mol. The lowest BCUT2D eigenvalue weighted by Crippen LogP contribution is -2.31. The standard InChI is InChI=1S/C16H20/c1-5-11-12-7-3-10-4-8-14(16(10)12)13-6-2-9(1)15(11)13/h11-14H,1-8H2. The molecule has 0 heteroatoms. The summed E-state index contributed by atoms with van der Waals surface area (Å²) < 4.78 is 0. The molecule has 0 nitrogen and oxygen atoms in total. The van der Waals surface area contributed by atoms with Crippen LogP contribution in [0.2, 0.25) is 0 Å². The molecule has 84 valence electrons. The Bertz CT molecular complexity index is 359. The fourth-order valence-electron chi connectivity index (χ4n) is 6.04. The highest BCUT2D eigenvalue weighted by molar-refractivity contribution is 5.44. The summed E-state index contributed by atoms with van der Waals surface area (Å²) in [5, 5.41) is 0. The number of hydrogen-bond acceptors (Lipinski definition) is 0. The van der Waals surface area contributed by atoms with Crippen molar-refractivity contribution in [1.82, 2.24) is 0 Å². The largest absolute Gasteiger partial charge is 0.0704 e. The minimum atomic E-state index is 1.03. The highest BCUT2D eigenvalue weighted by Gasteiger charge is 2.52. The van der Waals surface area contributed by atoms with Gasteiger partial charge in [-0.2, -0.15) is 0 Å². The molecule has 0 aromatic rings. The molecular formula is C16H20. The Kier molecular flexibility index (Phi) is 1.42. The van der Waals surface area contributed by atoms with Crippen LogP contribution in [0, 0.1) is 23.7 Å². The van der Waals surface area contributed by atoms with E-state index in [1.807, 2.05) is 22.3 Å². The molecule has 0 saturated heterocycles. The lowest BCUT2D eigenvalue weighted by Gasteiger charge is -2.40. The predicted octanol–water partition coefficient (Wildman–Crippen LogP) is 4.23. The van der Waals surface area contributed by atoms with Crippen LogP contribution in [0.3, 0.4) is 0 Å². The van der Waals surface area contributed by atoms with Crippen LogP contribution in [0.1, 0.15) is 51.4 Å². The van der Waals surface area contributed by atoms with E-state index in [1.165, 1.54) is 51.4 Å². The van der Waals surface area contributed by atoms with Gasteiger partial charge in [-0.05, 0) is 75.0 Å². The Morgan fingerprint density at radius 2 is 0.812 bits per heavy atom. The van der Waals surface area contributed by atoms with E-state index in [-0.39, 0.29) is 0 Å². The summed E-state index contributed by atoms with van der Waals surface area (Å²) >= 11 is 0. The quantitative estimate of drug-likeness (QED) is 0.527. The molecule has 5 aliphatic rings. The van der Waals surface area contributed by atoms with Crippen LogP contribution < -0.4 is 0 Å². The average Bonchev–Trinajstić information content (AvgIpc) is 2.97. The van der Waals surface area contributed by atoms with Crippen LogP contribution in [-0.4, -0.2) is 0 Å². The minimum Gasteiger partial charge on any atom is -0.0704 e. The summed E-state index contributed by atoms with van der Waals surface area (Å²) in [6.07, 6.45) is 12.0. The molecule has 0 bridgehead atoms. The number of allylic oxidation sites excluding steroid dienone is 4. The molecule has 0 aromatic heterocycles. The van der Waals surface area contributed by atoms with Crippen LogP contribution in [0.25, 0.3) is 0 Å². The van der Waals surface area contributed by atoms with Gasteiger partial charge in [-0.3, -0.25) is 0 Å². The Hall–Kier alpha value is -0.520. The summed E-state index contributed by atoms with van der Waals surface area (Å²) in [5.41, 5.74) is 7.88. The van der Waals surface area contributed by atoms with Crippen molar-refractivity contribution in [2.45, 2.75) is 51.4 Å². The van der Waals surface area contributed by atoms with Crippen LogP contribution in [0.4, 0.5) is 0 Å². The van der Waals surface area contributed by atoms with E-state index in [1.54, 1.807) is 0 Å². The summed E-state index contributed by atoms with van der Waals surface area (Å²) in [4.78, 5) is 0. The molecule has 0 aromatic carbocycles. The maximum absolute atomic E-state index is 2.02. The van der Waals surface area contributed by atoms with Gasteiger partial charge in [-0.25, -0.2) is 0 Å². The van der Waals surface area contributed by atoms with E-state index < -0.39 is 0 Å². The van der Waals surface area contributed by atoms with Crippen molar-refractivity contribution in [3.63, 3.8) is 0 Å². The molecule has 16 heavy (non-hydrogen) atoms. The van der Waals surface area contributed by atoms with E-state index in [9.17, 15) is 0 Å². The van der Waals surface area contributed by atoms with Gasteiger partial charge in [0.25, 0.3) is 0 Å². The van der Waals surface area contributed by atoms with Gasteiger partial charge in [0.05, 0.1) is 0 Å². The van der Waals surface area contributed by atoms with Crippen LogP contribution >= 0.6 is 0 Å². The molecule has 0 amide bonds. The smallest absolute Gasteiger partial charge is 0.0129 e. The van der Waals surface area contributed by atoms with E-state index in [0.29, 0.717) is 0 Å². The second-order valence-corrected chi connectivity index (χ2v) is 6.70. The van der Waals surface area contributed by atoms with Gasteiger partial charge in [-0.15, -0.1) is 0 Å². The molecule has 0 spiro atoms. The van der Waals surface area contributed by atoms with E-state index in [4.69, 9.17) is 0 Å². The third-order valence-corrected chi connectivity index (χ3v) is 6.41. The Balaban J connectivity index is 1.72. The van der Waals surface area contributed by atoms with Gasteiger partial charge in [0.2, 0.25) is 0 Å². The predicted molar refractivity (Wildman–Crippen MR) is 64.9 cm³/mol. The molecule has 4 unspecified atom stereocenters. The topological polar surface area (TPSA) is 0 Å². The van der Waals surface area contributed by atoms with Crippen molar-refractivity contribution < 1.29 is 0 Å². The fourth-order valence-corrected chi connectivity index (χ4v) is 6.04. The molecule has 0 radical (unpaired) electrons. The zero-order valence-electron chi connectivity index (χ0n) is 9.97. The first kappa shape index (κ1) is 8.55. The maximum Gasteiger partial charge on any atom is -0.0129 e. The van der Waals surface area contributed by atoms with Crippen LogP contribution in [-0.2, 0) is 0 Å². The Morgan fingerprint density at radius 3 is 1.12 bits per heavy atom. The molecule has 0 heterocycles. The van der Waals surface area contributed by atoms with Gasteiger partial charge >= 0.3 is 0 Å². The Labute approximate surface area is 97.8 Å². The summed E-state index contributed by atoms with van der Waals surface area (Å²) in [7, 11) is 0. The monoisotopic (exact) mass is 212 g/mol. The first-order valence-electron chi connectivity index (χ1n) is 7.37. The minimum absolute atomic E-state index is 1.03. The Morgan fingerprint density at radius 1 is 0.500 bits per heavy atom. The zero-order valence-corrected chi connectivity index (χ0v) is 9.97. The maximum atomic E-state index is 2.02. The lowest BCUT2D eigenvalue weighted by molar-refractivity contribution is 0.262. The van der Waals surface area contributed by atoms with Gasteiger partial charge in [0.1, 0.15) is 0 Å². The first-order chi connectivity index (χ1) is 7.93. The second kappa shape index (κ2) is 2.66. The van der Waals surface area contributed by atoms with E-state index in [0.717, 1.165) is 23.7 Å². The molecule has 0 aliphatic heterocycles. The molecule has 5 rings (SSSR count). The molecule has 1 saturated carbocycles. The SMILES string of the molecule is C1CC2C3=C1CCC3C1CCC3=C1C2CC3. The van der Waals surface area contributed by atoms with Crippen LogP contribution in [0.5, 0.6) is 0 Å². The summed E-state index contributed by atoms with van der Waals surface area (Å²) in [6.45, 7) is 0. The van der Waals surface area contributed by atoms with Crippen molar-refractivity contribution >= 4 is 0 Å². The van der Waals surface area contributed by atoms with Gasteiger partial charge in [0.15, 0.2) is 0 Å². The molecule has 5 aliphatic carbocycles. The first-order valence-corrected chi connectivity index (χ1v) is 7.37. The average molecular weight is 212 g/mol. The third kappa shape index (κ3) is 0.792. The third-order valence-electron chi connectivity index (χ3n) is 6.41. The molecule has 1 fully saturated rings. The van der Waals surface area contributed by atoms with E-state index in [2.05, 4.69) is 0 Å². The van der Waals surface area contributed by atoms with Crippen molar-refractivity contribution in [3.05, 3.63) is 22.3 Å². The van der Waals surface area contributed by atoms with Gasteiger partial charge in [-0.1, -0.05) is 22.3 Å². The number of hydrogen-bond donors (Lipinski definition) is 0. The molecule has 4 atom stereocenters. The van der Waals surface area contributed by atoms with Crippen molar-refractivity contribution in [3.8, 4) is 0 Å². The summed E-state index contributed by atoms with van der Waals surface area (Å²) in [6, 6.07) is 0. The summed E-state index contributed by atoms with van der Waals surface area (Å²) in [5.74, 6) is 4.13. The van der Waals surface area contributed by atoms with Crippen molar-refractivity contribution in [1.29, 1.82) is 0 Å². The highest BCUT2D eigenvalue weighted by atomic mass is 14.6. The number of fused-ring (bicyclic) bond motifs is 2.